The number of methoxy groups -OCH3 is 2. The molecule has 0 saturated heterocycles. The average molecular weight is 330 g/mol. The van der Waals surface area contributed by atoms with Crippen LogP contribution in [-0.2, 0) is 4.74 Å². The first-order chi connectivity index (χ1) is 11.6. The fourth-order valence-corrected chi connectivity index (χ4v) is 1.99. The Hall–Kier alpha value is -3.02. The maximum absolute atomic E-state index is 12.3. The Bertz CT molecular complexity index is 716. The summed E-state index contributed by atoms with van der Waals surface area (Å²) in [6.07, 6.45) is 0. The Labute approximate surface area is 139 Å². The molecule has 126 valence electrons. The number of esters is 2. The second-order valence-corrected chi connectivity index (χ2v) is 4.74. The number of carbonyl (C=O) groups excluding carboxylic acids is 2. The molecule has 6 heteroatoms. The van der Waals surface area contributed by atoms with Crippen LogP contribution >= 0.6 is 0 Å². The molecule has 24 heavy (non-hydrogen) atoms. The van der Waals surface area contributed by atoms with Gasteiger partial charge in [0.15, 0.2) is 0 Å². The van der Waals surface area contributed by atoms with E-state index >= 15 is 0 Å². The molecule has 0 amide bonds. The Kier molecular flexibility index (Phi) is 5.78. The van der Waals surface area contributed by atoms with E-state index in [9.17, 15) is 9.59 Å². The van der Waals surface area contributed by atoms with Gasteiger partial charge in [-0.1, -0.05) is 6.07 Å². The summed E-state index contributed by atoms with van der Waals surface area (Å²) in [6.45, 7) is 1.98. The molecule has 0 radical (unpaired) electrons. The molecule has 2 aromatic rings. The standard InChI is InChI=1S/C18H18O6/c1-4-23-17(19)12-6-5-7-13(8-12)18(20)24-16-10-14(21-2)9-15(11-16)22-3/h5-11H,4H2,1-3H3. The van der Waals surface area contributed by atoms with Crippen molar-refractivity contribution in [2.45, 2.75) is 6.92 Å². The molecule has 0 atom stereocenters. The average Bonchev–Trinajstić information content (AvgIpc) is 2.61. The summed E-state index contributed by atoms with van der Waals surface area (Å²) in [4.78, 5) is 24.0. The second-order valence-electron chi connectivity index (χ2n) is 4.74. The molecule has 0 aromatic heterocycles. The zero-order valence-corrected chi connectivity index (χ0v) is 13.7. The molecular weight excluding hydrogens is 312 g/mol. The van der Waals surface area contributed by atoms with Crippen LogP contribution in [-0.4, -0.2) is 32.8 Å². The van der Waals surface area contributed by atoms with Gasteiger partial charge in [-0.2, -0.15) is 0 Å². The van der Waals surface area contributed by atoms with Crippen molar-refractivity contribution in [1.29, 1.82) is 0 Å². The summed E-state index contributed by atoms with van der Waals surface area (Å²) in [5.74, 6) is 0.180. The van der Waals surface area contributed by atoms with Crippen LogP contribution in [0, 0.1) is 0 Å². The number of ether oxygens (including phenoxy) is 4. The van der Waals surface area contributed by atoms with Crippen LogP contribution in [0.3, 0.4) is 0 Å². The van der Waals surface area contributed by atoms with E-state index in [2.05, 4.69) is 0 Å². The van der Waals surface area contributed by atoms with Crippen molar-refractivity contribution in [3.05, 3.63) is 53.6 Å². The lowest BCUT2D eigenvalue weighted by Gasteiger charge is -2.09. The van der Waals surface area contributed by atoms with Crippen molar-refractivity contribution < 1.29 is 28.5 Å². The molecule has 0 bridgehead atoms. The van der Waals surface area contributed by atoms with Crippen LogP contribution in [0.1, 0.15) is 27.6 Å². The Morgan fingerprint density at radius 1 is 0.833 bits per heavy atom. The summed E-state index contributed by atoms with van der Waals surface area (Å²) in [6, 6.07) is 10.9. The van der Waals surface area contributed by atoms with E-state index < -0.39 is 11.9 Å². The number of hydrogen-bond donors (Lipinski definition) is 0. The van der Waals surface area contributed by atoms with Crippen molar-refractivity contribution in [3.8, 4) is 17.2 Å². The van der Waals surface area contributed by atoms with Gasteiger partial charge in [-0.3, -0.25) is 0 Å². The number of hydrogen-bond acceptors (Lipinski definition) is 6. The quantitative estimate of drug-likeness (QED) is 0.599. The minimum Gasteiger partial charge on any atom is -0.496 e. The smallest absolute Gasteiger partial charge is 0.343 e. The maximum atomic E-state index is 12.3. The minimum atomic E-state index is -0.601. The van der Waals surface area contributed by atoms with Crippen LogP contribution in [0.5, 0.6) is 17.2 Å². The summed E-state index contributed by atoms with van der Waals surface area (Å²) in [5.41, 5.74) is 0.525. The monoisotopic (exact) mass is 330 g/mol. The third-order valence-corrected chi connectivity index (χ3v) is 3.14. The van der Waals surface area contributed by atoms with Crippen molar-refractivity contribution in [2.24, 2.45) is 0 Å². The van der Waals surface area contributed by atoms with E-state index in [4.69, 9.17) is 18.9 Å². The van der Waals surface area contributed by atoms with Gasteiger partial charge < -0.3 is 18.9 Å². The van der Waals surface area contributed by atoms with Gasteiger partial charge in [-0.25, -0.2) is 9.59 Å². The highest BCUT2D eigenvalue weighted by atomic mass is 16.5. The highest BCUT2D eigenvalue weighted by Gasteiger charge is 2.14. The normalized spacial score (nSPS) is 9.96. The van der Waals surface area contributed by atoms with Gasteiger partial charge >= 0.3 is 11.9 Å². The summed E-state index contributed by atoms with van der Waals surface area (Å²) in [7, 11) is 3.01. The lowest BCUT2D eigenvalue weighted by molar-refractivity contribution is 0.0526. The molecule has 0 spiro atoms. The first kappa shape index (κ1) is 17.3. The highest BCUT2D eigenvalue weighted by Crippen LogP contribution is 2.28. The third-order valence-electron chi connectivity index (χ3n) is 3.14. The molecule has 2 aromatic carbocycles. The predicted molar refractivity (Wildman–Crippen MR) is 86.9 cm³/mol. The first-order valence-electron chi connectivity index (χ1n) is 7.29. The topological polar surface area (TPSA) is 71.1 Å². The van der Waals surface area contributed by atoms with Crippen molar-refractivity contribution >= 4 is 11.9 Å². The molecule has 0 N–H and O–H groups in total. The molecule has 0 aliphatic carbocycles. The Morgan fingerprint density at radius 2 is 1.38 bits per heavy atom. The molecule has 0 heterocycles. The Morgan fingerprint density at radius 3 is 1.92 bits per heavy atom. The zero-order chi connectivity index (χ0) is 17.5. The fraction of sp³-hybridized carbons (Fsp3) is 0.222. The molecule has 0 unspecified atom stereocenters. The molecule has 0 fully saturated rings. The fourth-order valence-electron chi connectivity index (χ4n) is 1.99. The summed E-state index contributed by atoms with van der Waals surface area (Å²) < 4.78 is 20.5. The molecular formula is C18H18O6. The molecule has 0 aliphatic heterocycles. The predicted octanol–water partition coefficient (Wildman–Crippen LogP) is 3.10. The van der Waals surface area contributed by atoms with Crippen LogP contribution in [0.2, 0.25) is 0 Å². The second kappa shape index (κ2) is 8.01. The van der Waals surface area contributed by atoms with Gasteiger partial charge in [-0.05, 0) is 25.1 Å². The molecule has 2 rings (SSSR count). The SMILES string of the molecule is CCOC(=O)c1cccc(C(=O)Oc2cc(OC)cc(OC)c2)c1. The van der Waals surface area contributed by atoms with E-state index in [1.807, 2.05) is 0 Å². The highest BCUT2D eigenvalue weighted by molar-refractivity contribution is 5.96. The minimum absolute atomic E-state index is 0.238. The largest absolute Gasteiger partial charge is 0.496 e. The van der Waals surface area contributed by atoms with E-state index in [1.165, 1.54) is 20.3 Å². The first-order valence-corrected chi connectivity index (χ1v) is 7.29. The summed E-state index contributed by atoms with van der Waals surface area (Å²) >= 11 is 0. The van der Waals surface area contributed by atoms with E-state index in [-0.39, 0.29) is 23.5 Å². The Balaban J connectivity index is 2.21. The van der Waals surface area contributed by atoms with E-state index in [0.29, 0.717) is 11.5 Å². The van der Waals surface area contributed by atoms with Crippen molar-refractivity contribution in [2.75, 3.05) is 20.8 Å². The van der Waals surface area contributed by atoms with Crippen LogP contribution < -0.4 is 14.2 Å². The number of carbonyl (C=O) groups is 2. The van der Waals surface area contributed by atoms with Crippen LogP contribution in [0.4, 0.5) is 0 Å². The van der Waals surface area contributed by atoms with Gasteiger partial charge in [0, 0.05) is 18.2 Å². The zero-order valence-electron chi connectivity index (χ0n) is 13.7. The van der Waals surface area contributed by atoms with Gasteiger partial charge in [0.05, 0.1) is 32.0 Å². The van der Waals surface area contributed by atoms with Crippen LogP contribution in [0.25, 0.3) is 0 Å². The van der Waals surface area contributed by atoms with E-state index in [0.717, 1.165) is 0 Å². The molecule has 6 nitrogen and oxygen atoms in total. The number of benzene rings is 2. The van der Waals surface area contributed by atoms with Gasteiger partial charge in [0.25, 0.3) is 0 Å². The van der Waals surface area contributed by atoms with Crippen molar-refractivity contribution in [3.63, 3.8) is 0 Å². The van der Waals surface area contributed by atoms with Gasteiger partial charge in [0.1, 0.15) is 17.2 Å². The molecule has 0 aliphatic rings. The van der Waals surface area contributed by atoms with E-state index in [1.54, 1.807) is 43.3 Å². The number of rotatable bonds is 6. The lowest BCUT2D eigenvalue weighted by atomic mass is 10.1. The molecule has 0 saturated carbocycles. The third kappa shape index (κ3) is 4.25. The van der Waals surface area contributed by atoms with Gasteiger partial charge in [-0.15, -0.1) is 0 Å². The lowest BCUT2D eigenvalue weighted by Crippen LogP contribution is -2.11. The van der Waals surface area contributed by atoms with Crippen LogP contribution in [0.15, 0.2) is 42.5 Å². The van der Waals surface area contributed by atoms with Gasteiger partial charge in [0.2, 0.25) is 0 Å². The maximum Gasteiger partial charge on any atom is 0.343 e. The summed E-state index contributed by atoms with van der Waals surface area (Å²) in [5, 5.41) is 0. The van der Waals surface area contributed by atoms with Crippen molar-refractivity contribution in [1.82, 2.24) is 0 Å².